The minimum absolute atomic E-state index is 0.142. The molecule has 1 aliphatic carbocycles. The van der Waals surface area contributed by atoms with Crippen LogP contribution in [0.4, 0.5) is 10.1 Å². The third kappa shape index (κ3) is 3.70. The summed E-state index contributed by atoms with van der Waals surface area (Å²) in [7, 11) is 0. The Bertz CT molecular complexity index is 746. The largest absolute Gasteiger partial charge is 0.367 e. The zero-order valence-corrected chi connectivity index (χ0v) is 16.3. The number of benzene rings is 1. The number of nitrogens with zero attached hydrogens (tertiary/aromatic N) is 6. The minimum atomic E-state index is -0.142. The van der Waals surface area contributed by atoms with Crippen LogP contribution in [-0.4, -0.2) is 51.3 Å². The van der Waals surface area contributed by atoms with E-state index < -0.39 is 0 Å². The van der Waals surface area contributed by atoms with Crippen molar-refractivity contribution in [1.29, 1.82) is 0 Å². The van der Waals surface area contributed by atoms with Crippen molar-refractivity contribution < 1.29 is 4.39 Å². The van der Waals surface area contributed by atoms with Gasteiger partial charge in [-0.05, 0) is 41.3 Å². The highest BCUT2D eigenvalue weighted by Gasteiger charge is 2.33. The summed E-state index contributed by atoms with van der Waals surface area (Å²) in [5.74, 6) is 1.27. The van der Waals surface area contributed by atoms with Crippen molar-refractivity contribution in [2.45, 2.75) is 51.6 Å². The summed E-state index contributed by atoms with van der Waals surface area (Å²) in [4.78, 5) is 4.61. The third-order valence-corrected chi connectivity index (χ3v) is 5.99. The van der Waals surface area contributed by atoms with Crippen LogP contribution in [-0.2, 0) is 0 Å². The Morgan fingerprint density at radius 1 is 1.04 bits per heavy atom. The first-order valence-electron chi connectivity index (χ1n) is 10.2. The molecular weight excluding hydrogens is 343 g/mol. The van der Waals surface area contributed by atoms with Gasteiger partial charge in [0, 0.05) is 26.2 Å². The Hall–Kier alpha value is -2.02. The van der Waals surface area contributed by atoms with E-state index in [1.54, 1.807) is 6.07 Å². The SMILES string of the molecule is CC(C)[C@H](c1nnnn1C1CCCC1)N1CCN(c2ccccc2F)CC1. The fraction of sp³-hybridized carbons (Fsp3) is 0.650. The molecule has 0 amide bonds. The second-order valence-corrected chi connectivity index (χ2v) is 8.08. The molecule has 1 aliphatic heterocycles. The van der Waals surface area contributed by atoms with Crippen molar-refractivity contribution in [3.05, 3.63) is 35.9 Å². The van der Waals surface area contributed by atoms with Crippen molar-refractivity contribution in [2.75, 3.05) is 31.1 Å². The van der Waals surface area contributed by atoms with Crippen LogP contribution in [0.2, 0.25) is 0 Å². The molecule has 6 nitrogen and oxygen atoms in total. The van der Waals surface area contributed by atoms with Crippen LogP contribution in [0.15, 0.2) is 24.3 Å². The average molecular weight is 372 g/mol. The summed E-state index contributed by atoms with van der Waals surface area (Å²) >= 11 is 0. The van der Waals surface area contributed by atoms with Gasteiger partial charge < -0.3 is 4.90 Å². The molecule has 2 heterocycles. The molecule has 0 unspecified atom stereocenters. The van der Waals surface area contributed by atoms with E-state index in [4.69, 9.17) is 0 Å². The van der Waals surface area contributed by atoms with Crippen molar-refractivity contribution in [3.63, 3.8) is 0 Å². The molecule has 7 heteroatoms. The van der Waals surface area contributed by atoms with Crippen molar-refractivity contribution in [3.8, 4) is 0 Å². The summed E-state index contributed by atoms with van der Waals surface area (Å²) < 4.78 is 16.2. The van der Waals surface area contributed by atoms with E-state index in [1.165, 1.54) is 31.7 Å². The van der Waals surface area contributed by atoms with Crippen molar-refractivity contribution in [1.82, 2.24) is 25.1 Å². The van der Waals surface area contributed by atoms with Gasteiger partial charge in [-0.2, -0.15) is 0 Å². The van der Waals surface area contributed by atoms with E-state index in [2.05, 4.69) is 43.9 Å². The van der Waals surface area contributed by atoms with Crippen LogP contribution in [0.5, 0.6) is 0 Å². The van der Waals surface area contributed by atoms with Crippen LogP contribution in [0.25, 0.3) is 0 Å². The Balaban J connectivity index is 1.50. The van der Waals surface area contributed by atoms with E-state index in [-0.39, 0.29) is 11.9 Å². The predicted octanol–water partition coefficient (Wildman–Crippen LogP) is 3.45. The number of halogens is 1. The zero-order valence-electron chi connectivity index (χ0n) is 16.3. The molecule has 0 bridgehead atoms. The third-order valence-electron chi connectivity index (χ3n) is 5.99. The Morgan fingerprint density at radius 2 is 1.74 bits per heavy atom. The highest BCUT2D eigenvalue weighted by Crippen LogP contribution is 2.34. The van der Waals surface area contributed by atoms with Gasteiger partial charge in [0.1, 0.15) is 5.82 Å². The lowest BCUT2D eigenvalue weighted by Crippen LogP contribution is -2.49. The maximum atomic E-state index is 14.1. The van der Waals surface area contributed by atoms with E-state index >= 15 is 0 Å². The maximum Gasteiger partial charge on any atom is 0.168 e. The van der Waals surface area contributed by atoms with E-state index in [0.29, 0.717) is 17.6 Å². The van der Waals surface area contributed by atoms with Gasteiger partial charge in [0.15, 0.2) is 5.82 Å². The fourth-order valence-corrected chi connectivity index (χ4v) is 4.64. The van der Waals surface area contributed by atoms with Gasteiger partial charge in [-0.25, -0.2) is 9.07 Å². The van der Waals surface area contributed by atoms with Crippen LogP contribution in [0.3, 0.4) is 0 Å². The number of piperazine rings is 1. The lowest BCUT2D eigenvalue weighted by atomic mass is 10.00. The molecule has 146 valence electrons. The molecule has 0 N–H and O–H groups in total. The van der Waals surface area contributed by atoms with Gasteiger partial charge in [-0.1, -0.05) is 38.8 Å². The first-order valence-corrected chi connectivity index (χ1v) is 10.2. The molecule has 2 aromatic rings. The summed E-state index contributed by atoms with van der Waals surface area (Å²) in [6.45, 7) is 7.87. The minimum Gasteiger partial charge on any atom is -0.367 e. The quantitative estimate of drug-likeness (QED) is 0.805. The predicted molar refractivity (Wildman–Crippen MR) is 103 cm³/mol. The molecule has 0 radical (unpaired) electrons. The van der Waals surface area contributed by atoms with Crippen molar-refractivity contribution in [2.24, 2.45) is 5.92 Å². The molecular formula is C20H29FN6. The fourth-order valence-electron chi connectivity index (χ4n) is 4.64. The molecule has 0 spiro atoms. The zero-order chi connectivity index (χ0) is 18.8. The highest BCUT2D eigenvalue weighted by atomic mass is 19.1. The van der Waals surface area contributed by atoms with Crippen LogP contribution in [0, 0.1) is 11.7 Å². The topological polar surface area (TPSA) is 50.1 Å². The second-order valence-electron chi connectivity index (χ2n) is 8.08. The van der Waals surface area contributed by atoms with Gasteiger partial charge in [0.05, 0.1) is 17.8 Å². The van der Waals surface area contributed by atoms with E-state index in [0.717, 1.165) is 32.0 Å². The molecule has 2 fully saturated rings. The molecule has 2 aliphatic rings. The number of hydrogen-bond acceptors (Lipinski definition) is 5. The molecule has 27 heavy (non-hydrogen) atoms. The summed E-state index contributed by atoms with van der Waals surface area (Å²) in [5, 5.41) is 12.8. The molecule has 1 saturated carbocycles. The molecule has 1 saturated heterocycles. The number of aromatic nitrogens is 4. The lowest BCUT2D eigenvalue weighted by molar-refractivity contribution is 0.132. The summed E-state index contributed by atoms with van der Waals surface area (Å²) in [6.07, 6.45) is 4.86. The van der Waals surface area contributed by atoms with Crippen molar-refractivity contribution >= 4 is 5.69 Å². The Kier molecular flexibility index (Phi) is 5.38. The smallest absolute Gasteiger partial charge is 0.168 e. The molecule has 1 aromatic carbocycles. The van der Waals surface area contributed by atoms with Gasteiger partial charge in [0.2, 0.25) is 0 Å². The van der Waals surface area contributed by atoms with E-state index in [1.807, 2.05) is 12.1 Å². The standard InChI is InChI=1S/C20H29FN6/c1-15(2)19(20-22-23-24-27(20)16-7-3-4-8-16)26-13-11-25(12-14-26)18-10-6-5-9-17(18)21/h5-6,9-10,15-16,19H,3-4,7-8,11-14H2,1-2H3/t19-/m1/s1. The van der Waals surface area contributed by atoms with Gasteiger partial charge in [0.25, 0.3) is 0 Å². The normalized spacial score (nSPS) is 20.5. The average Bonchev–Trinajstić information content (AvgIpc) is 3.34. The lowest BCUT2D eigenvalue weighted by Gasteiger charge is -2.41. The maximum absolute atomic E-state index is 14.1. The van der Waals surface area contributed by atoms with Crippen LogP contribution >= 0.6 is 0 Å². The number of tetrazole rings is 1. The number of hydrogen-bond donors (Lipinski definition) is 0. The molecule has 1 atom stereocenters. The van der Waals surface area contributed by atoms with Crippen LogP contribution < -0.4 is 4.90 Å². The van der Waals surface area contributed by atoms with Gasteiger partial charge in [-0.3, -0.25) is 4.90 Å². The van der Waals surface area contributed by atoms with Gasteiger partial charge >= 0.3 is 0 Å². The summed E-state index contributed by atoms with van der Waals surface area (Å²) in [5.41, 5.74) is 0.703. The molecule has 4 rings (SSSR count). The van der Waals surface area contributed by atoms with E-state index in [9.17, 15) is 4.39 Å². The first kappa shape index (κ1) is 18.3. The Morgan fingerprint density at radius 3 is 2.41 bits per heavy atom. The number of rotatable bonds is 5. The van der Waals surface area contributed by atoms with Gasteiger partial charge in [-0.15, -0.1) is 5.10 Å². The number of para-hydroxylation sites is 1. The second kappa shape index (κ2) is 7.92. The van der Waals surface area contributed by atoms with Crippen LogP contribution in [0.1, 0.15) is 57.4 Å². The number of anilines is 1. The highest BCUT2D eigenvalue weighted by molar-refractivity contribution is 5.48. The Labute approximate surface area is 160 Å². The molecule has 1 aromatic heterocycles. The summed E-state index contributed by atoms with van der Waals surface area (Å²) in [6, 6.07) is 7.68. The first-order chi connectivity index (χ1) is 13.1. The monoisotopic (exact) mass is 372 g/mol.